The van der Waals surface area contributed by atoms with Crippen molar-refractivity contribution in [2.24, 2.45) is 11.8 Å². The number of pyridine rings is 1. The second-order valence-electron chi connectivity index (χ2n) is 12.3. The van der Waals surface area contributed by atoms with Gasteiger partial charge in [0, 0.05) is 24.1 Å². The minimum Gasteiger partial charge on any atom is -0.450 e. The Bertz CT molecular complexity index is 1950. The molecule has 2 atom stereocenters. The normalized spacial score (nSPS) is 18.5. The molecule has 5 aromatic rings. The lowest BCUT2D eigenvalue weighted by Gasteiger charge is -2.27. The number of esters is 1. The molecule has 1 aliphatic carbocycles. The predicted octanol–water partition coefficient (Wildman–Crippen LogP) is 6.67. The maximum absolute atomic E-state index is 14.5. The average Bonchev–Trinajstić information content (AvgIpc) is 3.85. The first-order chi connectivity index (χ1) is 21.8. The van der Waals surface area contributed by atoms with Crippen LogP contribution >= 0.6 is 0 Å². The van der Waals surface area contributed by atoms with Crippen LogP contribution in [0.5, 0.6) is 0 Å². The number of rotatable bonds is 10. The molecule has 2 aliphatic rings. The molecule has 0 radical (unpaired) electrons. The minimum absolute atomic E-state index is 0.0199. The van der Waals surface area contributed by atoms with Gasteiger partial charge in [0.1, 0.15) is 5.92 Å². The highest BCUT2D eigenvalue weighted by molar-refractivity contribution is 7.90. The summed E-state index contributed by atoms with van der Waals surface area (Å²) < 4.78 is 33.1. The molecular formula is C38H33NO5S. The fourth-order valence-corrected chi connectivity index (χ4v) is 8.04. The van der Waals surface area contributed by atoms with Crippen LogP contribution in [0, 0.1) is 11.8 Å². The number of hydrogen-bond acceptors (Lipinski definition) is 6. The van der Waals surface area contributed by atoms with Gasteiger partial charge >= 0.3 is 5.97 Å². The van der Waals surface area contributed by atoms with Gasteiger partial charge < -0.3 is 4.74 Å². The summed E-state index contributed by atoms with van der Waals surface area (Å²) in [6.07, 6.45) is 2.38. The number of cyclic esters (lactones) is 1. The Morgan fingerprint density at radius 2 is 1.36 bits per heavy atom. The first-order valence-electron chi connectivity index (χ1n) is 15.3. The summed E-state index contributed by atoms with van der Waals surface area (Å²) in [5.74, 6) is -2.14. The number of para-hydroxylation sites is 1. The van der Waals surface area contributed by atoms with Gasteiger partial charge in [0.25, 0.3) is 0 Å². The van der Waals surface area contributed by atoms with Gasteiger partial charge in [-0.25, -0.2) is 13.4 Å². The van der Waals surface area contributed by atoms with E-state index in [2.05, 4.69) is 4.98 Å². The molecule has 6 nitrogen and oxygen atoms in total. The zero-order chi connectivity index (χ0) is 31.0. The minimum atomic E-state index is -3.75. The van der Waals surface area contributed by atoms with Crippen LogP contribution in [0.2, 0.25) is 0 Å². The molecule has 45 heavy (non-hydrogen) atoms. The number of ether oxygens (including phenoxy) is 1. The Balaban J connectivity index is 1.20. The molecule has 0 amide bonds. The first-order valence-corrected chi connectivity index (χ1v) is 17.0. The molecule has 2 fully saturated rings. The van der Waals surface area contributed by atoms with E-state index in [0.29, 0.717) is 11.1 Å². The fraction of sp³-hybridized carbons (Fsp3) is 0.237. The molecule has 7 rings (SSSR count). The molecule has 1 saturated carbocycles. The van der Waals surface area contributed by atoms with Gasteiger partial charge in [0.15, 0.2) is 26.2 Å². The van der Waals surface area contributed by atoms with Crippen LogP contribution in [0.1, 0.15) is 41.0 Å². The maximum atomic E-state index is 14.5. The highest BCUT2D eigenvalue weighted by atomic mass is 32.2. The topological polar surface area (TPSA) is 90.4 Å². The summed E-state index contributed by atoms with van der Waals surface area (Å²) in [5, 5.41) is 0.890. The van der Waals surface area contributed by atoms with Crippen molar-refractivity contribution in [3.8, 4) is 0 Å². The number of carbonyl (C=O) groups excluding carboxylic acids is 2. The molecule has 226 valence electrons. The van der Waals surface area contributed by atoms with Crippen LogP contribution in [-0.2, 0) is 42.8 Å². The monoisotopic (exact) mass is 615 g/mol. The molecule has 2 heterocycles. The van der Waals surface area contributed by atoms with Crippen molar-refractivity contribution >= 4 is 32.5 Å². The van der Waals surface area contributed by atoms with E-state index in [1.807, 2.05) is 97.1 Å². The highest BCUT2D eigenvalue weighted by Crippen LogP contribution is 2.51. The third-order valence-electron chi connectivity index (χ3n) is 9.02. The standard InChI is InChI=1S/C38H33NO5S/c40-36-35(37(41)44-38(36,23-26-10-3-1-4-11-26)24-27-12-5-2-6-13-27)34(30-18-19-30)31-16-9-14-28(22-31)25-45(42,43)33-21-20-29-15-7-8-17-32(29)39-33/h1-17,20-22,30,34-35H,18-19,23-25H2. The number of Topliss-reactive ketones (excluding diaryl/α,β-unsaturated/α-hetero) is 1. The van der Waals surface area contributed by atoms with Crippen molar-refractivity contribution in [3.63, 3.8) is 0 Å². The number of nitrogens with zero attached hydrogens (tertiary/aromatic N) is 1. The molecule has 0 bridgehead atoms. The number of benzene rings is 4. The molecule has 0 spiro atoms. The van der Waals surface area contributed by atoms with Crippen LogP contribution in [0.15, 0.2) is 126 Å². The Labute approximate surface area is 263 Å². The smallest absolute Gasteiger partial charge is 0.318 e. The van der Waals surface area contributed by atoms with E-state index in [-0.39, 0.29) is 41.2 Å². The Morgan fingerprint density at radius 1 is 0.733 bits per heavy atom. The Hall–Kier alpha value is -4.62. The average molecular weight is 616 g/mol. The Morgan fingerprint density at radius 3 is 2.02 bits per heavy atom. The molecule has 1 aliphatic heterocycles. The van der Waals surface area contributed by atoms with E-state index in [4.69, 9.17) is 4.74 Å². The van der Waals surface area contributed by atoms with Crippen LogP contribution in [-0.4, -0.2) is 30.8 Å². The van der Waals surface area contributed by atoms with E-state index in [0.717, 1.165) is 34.9 Å². The lowest BCUT2D eigenvalue weighted by molar-refractivity contribution is -0.152. The van der Waals surface area contributed by atoms with Crippen LogP contribution in [0.4, 0.5) is 0 Å². The lowest BCUT2D eigenvalue weighted by atomic mass is 9.74. The molecule has 7 heteroatoms. The summed E-state index contributed by atoms with van der Waals surface area (Å²) in [4.78, 5) is 32.7. The highest BCUT2D eigenvalue weighted by Gasteiger charge is 2.59. The number of fused-ring (bicyclic) bond motifs is 1. The van der Waals surface area contributed by atoms with Gasteiger partial charge in [-0.3, -0.25) is 9.59 Å². The van der Waals surface area contributed by atoms with Crippen LogP contribution < -0.4 is 0 Å². The summed E-state index contributed by atoms with van der Waals surface area (Å²) in [6.45, 7) is 0. The largest absolute Gasteiger partial charge is 0.450 e. The summed E-state index contributed by atoms with van der Waals surface area (Å²) in [6, 6.07) is 37.4. The van der Waals surface area contributed by atoms with Crippen molar-refractivity contribution in [2.45, 2.75) is 48.0 Å². The molecule has 1 aromatic heterocycles. The molecule has 0 N–H and O–H groups in total. The molecule has 2 unspecified atom stereocenters. The lowest BCUT2D eigenvalue weighted by Crippen LogP contribution is -2.43. The van der Waals surface area contributed by atoms with Gasteiger partial charge in [-0.2, -0.15) is 0 Å². The molecular weight excluding hydrogens is 582 g/mol. The van der Waals surface area contributed by atoms with Crippen molar-refractivity contribution in [2.75, 3.05) is 0 Å². The van der Waals surface area contributed by atoms with E-state index in [1.165, 1.54) is 0 Å². The Kier molecular flexibility index (Phi) is 7.58. The van der Waals surface area contributed by atoms with E-state index in [1.54, 1.807) is 24.3 Å². The number of ketones is 1. The molecule has 4 aromatic carbocycles. The van der Waals surface area contributed by atoms with Gasteiger partial charge in [-0.15, -0.1) is 0 Å². The van der Waals surface area contributed by atoms with Crippen LogP contribution in [0.25, 0.3) is 10.9 Å². The summed E-state index contributed by atoms with van der Waals surface area (Å²) >= 11 is 0. The third-order valence-corrected chi connectivity index (χ3v) is 10.6. The fourth-order valence-electron chi connectivity index (χ4n) is 6.76. The van der Waals surface area contributed by atoms with Gasteiger partial charge in [0.2, 0.25) is 0 Å². The van der Waals surface area contributed by atoms with E-state index >= 15 is 0 Å². The molecule has 1 saturated heterocycles. The second kappa shape index (κ2) is 11.7. The zero-order valence-electron chi connectivity index (χ0n) is 24.7. The quantitative estimate of drug-likeness (QED) is 0.129. The van der Waals surface area contributed by atoms with Crippen molar-refractivity contribution in [3.05, 3.63) is 144 Å². The van der Waals surface area contributed by atoms with Crippen LogP contribution in [0.3, 0.4) is 0 Å². The maximum Gasteiger partial charge on any atom is 0.318 e. The van der Waals surface area contributed by atoms with Crippen molar-refractivity contribution in [1.29, 1.82) is 0 Å². The number of aromatic nitrogens is 1. The first kappa shape index (κ1) is 29.1. The van der Waals surface area contributed by atoms with Crippen molar-refractivity contribution < 1.29 is 22.7 Å². The number of carbonyl (C=O) groups is 2. The van der Waals surface area contributed by atoms with E-state index in [9.17, 15) is 18.0 Å². The van der Waals surface area contributed by atoms with E-state index < -0.39 is 27.3 Å². The third kappa shape index (κ3) is 5.92. The summed E-state index contributed by atoms with van der Waals surface area (Å²) in [7, 11) is -3.75. The number of hydrogen-bond donors (Lipinski definition) is 0. The van der Waals surface area contributed by atoms with Crippen molar-refractivity contribution in [1.82, 2.24) is 4.98 Å². The second-order valence-corrected chi connectivity index (χ2v) is 14.2. The number of sulfone groups is 1. The SMILES string of the molecule is O=C1OC(Cc2ccccc2)(Cc2ccccc2)C(=O)C1C(c1cccc(CS(=O)(=O)c2ccc3ccccc3n2)c1)C1CC1. The predicted molar refractivity (Wildman–Crippen MR) is 172 cm³/mol. The van der Waals surface area contributed by atoms with Gasteiger partial charge in [0.05, 0.1) is 11.3 Å². The zero-order valence-corrected chi connectivity index (χ0v) is 25.5. The summed E-state index contributed by atoms with van der Waals surface area (Å²) in [5.41, 5.74) is 2.53. The van der Waals surface area contributed by atoms with Gasteiger partial charge in [-0.1, -0.05) is 103 Å². The van der Waals surface area contributed by atoms with Gasteiger partial charge in [-0.05, 0) is 59.2 Å².